The maximum Gasteiger partial charge on any atom is 0.412 e. The number of anilines is 1. The summed E-state index contributed by atoms with van der Waals surface area (Å²) in [5.41, 5.74) is 5.18. The number of hydrogen-bond donors (Lipinski definition) is 3. The Bertz CT molecular complexity index is 506. The Morgan fingerprint density at radius 2 is 2.00 bits per heavy atom. The summed E-state index contributed by atoms with van der Waals surface area (Å²) in [6, 6.07) is 4.22. The van der Waals surface area contributed by atoms with E-state index in [-0.39, 0.29) is 30.2 Å². The van der Waals surface area contributed by atoms with Crippen LogP contribution in [0.5, 0.6) is 5.75 Å². The predicted octanol–water partition coefficient (Wildman–Crippen LogP) is 2.27. The number of ketones is 1. The summed E-state index contributed by atoms with van der Waals surface area (Å²) < 4.78 is 5.08. The van der Waals surface area contributed by atoms with Crippen LogP contribution < -0.4 is 11.1 Å². The zero-order valence-electron chi connectivity index (χ0n) is 11.9. The van der Waals surface area contributed by atoms with Crippen molar-refractivity contribution in [1.29, 1.82) is 0 Å². The van der Waals surface area contributed by atoms with Crippen LogP contribution in [0.1, 0.15) is 37.6 Å². The first-order valence-electron chi connectivity index (χ1n) is 6.29. The summed E-state index contributed by atoms with van der Waals surface area (Å²) in [6.07, 6.45) is -0.493. The molecule has 0 unspecified atom stereocenters. The Labute approximate surface area is 117 Å². The fourth-order valence-electron chi connectivity index (χ4n) is 1.50. The largest absolute Gasteiger partial charge is 0.506 e. The molecule has 1 amide bonds. The van der Waals surface area contributed by atoms with Gasteiger partial charge in [-0.25, -0.2) is 4.79 Å². The van der Waals surface area contributed by atoms with Crippen molar-refractivity contribution in [3.8, 4) is 5.75 Å². The third-order valence-corrected chi connectivity index (χ3v) is 2.33. The molecule has 0 aromatic heterocycles. The second-order valence-electron chi connectivity index (χ2n) is 5.32. The van der Waals surface area contributed by atoms with E-state index in [2.05, 4.69) is 5.32 Å². The Balaban J connectivity index is 2.87. The van der Waals surface area contributed by atoms with E-state index < -0.39 is 11.7 Å². The minimum Gasteiger partial charge on any atom is -0.506 e. The van der Waals surface area contributed by atoms with E-state index >= 15 is 0 Å². The standard InChI is InChI=1S/C14H20N2O4/c1-14(2,3)20-13(19)16-10-8-9(4-5-12(10)18)11(17)6-7-15/h4-5,8,18H,6-7,15H2,1-3H3,(H,16,19). The highest BCUT2D eigenvalue weighted by molar-refractivity contribution is 5.98. The van der Waals surface area contributed by atoms with Crippen molar-refractivity contribution in [3.63, 3.8) is 0 Å². The van der Waals surface area contributed by atoms with Crippen molar-refractivity contribution in [2.75, 3.05) is 11.9 Å². The number of phenolic OH excluding ortho intramolecular Hbond substituents is 1. The van der Waals surface area contributed by atoms with Crippen LogP contribution in [0, 0.1) is 0 Å². The summed E-state index contributed by atoms with van der Waals surface area (Å²) in [6.45, 7) is 5.43. The van der Waals surface area contributed by atoms with Gasteiger partial charge in [0.05, 0.1) is 5.69 Å². The maximum atomic E-state index is 11.7. The van der Waals surface area contributed by atoms with Gasteiger partial charge >= 0.3 is 6.09 Å². The monoisotopic (exact) mass is 280 g/mol. The summed E-state index contributed by atoms with van der Waals surface area (Å²) in [5, 5.41) is 12.1. The lowest BCUT2D eigenvalue weighted by Crippen LogP contribution is -2.27. The van der Waals surface area contributed by atoms with Gasteiger partial charge in [-0.2, -0.15) is 0 Å². The van der Waals surface area contributed by atoms with Crippen molar-refractivity contribution in [2.45, 2.75) is 32.8 Å². The highest BCUT2D eigenvalue weighted by Gasteiger charge is 2.18. The number of ether oxygens (including phenoxy) is 1. The number of nitrogens with one attached hydrogen (secondary N) is 1. The van der Waals surface area contributed by atoms with Crippen molar-refractivity contribution in [2.24, 2.45) is 5.73 Å². The summed E-state index contributed by atoms with van der Waals surface area (Å²) >= 11 is 0. The van der Waals surface area contributed by atoms with E-state index in [0.717, 1.165) is 0 Å². The first-order chi connectivity index (χ1) is 9.23. The number of hydrogen-bond acceptors (Lipinski definition) is 5. The van der Waals surface area contributed by atoms with Crippen LogP contribution in [-0.2, 0) is 4.74 Å². The number of Topliss-reactive ketones (excluding diaryl/α,β-unsaturated/α-hetero) is 1. The van der Waals surface area contributed by atoms with Gasteiger partial charge in [0.15, 0.2) is 5.78 Å². The Morgan fingerprint density at radius 3 is 2.55 bits per heavy atom. The molecule has 4 N–H and O–H groups in total. The first-order valence-corrected chi connectivity index (χ1v) is 6.29. The van der Waals surface area contributed by atoms with E-state index in [1.54, 1.807) is 20.8 Å². The summed E-state index contributed by atoms with van der Waals surface area (Å²) in [7, 11) is 0. The van der Waals surface area contributed by atoms with Crippen molar-refractivity contribution >= 4 is 17.6 Å². The highest BCUT2D eigenvalue weighted by Crippen LogP contribution is 2.25. The fraction of sp³-hybridized carbons (Fsp3) is 0.429. The van der Waals surface area contributed by atoms with Gasteiger partial charge in [-0.1, -0.05) is 0 Å². The molecule has 0 heterocycles. The number of aromatic hydroxyl groups is 1. The van der Waals surface area contributed by atoms with E-state index in [4.69, 9.17) is 10.5 Å². The molecule has 0 fully saturated rings. The lowest BCUT2D eigenvalue weighted by atomic mass is 10.1. The van der Waals surface area contributed by atoms with E-state index in [0.29, 0.717) is 5.56 Å². The number of amides is 1. The zero-order chi connectivity index (χ0) is 15.3. The zero-order valence-corrected chi connectivity index (χ0v) is 11.9. The molecule has 20 heavy (non-hydrogen) atoms. The second-order valence-corrected chi connectivity index (χ2v) is 5.32. The second kappa shape index (κ2) is 6.38. The van der Waals surface area contributed by atoms with Gasteiger partial charge in [0.1, 0.15) is 11.4 Å². The van der Waals surface area contributed by atoms with Gasteiger partial charge < -0.3 is 15.6 Å². The molecule has 0 aliphatic heterocycles. The van der Waals surface area contributed by atoms with Gasteiger partial charge in [-0.15, -0.1) is 0 Å². The number of nitrogens with two attached hydrogens (primary N) is 1. The van der Waals surface area contributed by atoms with E-state index in [1.807, 2.05) is 0 Å². The van der Waals surface area contributed by atoms with Gasteiger partial charge in [0.2, 0.25) is 0 Å². The van der Waals surface area contributed by atoms with Crippen molar-refractivity contribution < 1.29 is 19.4 Å². The smallest absolute Gasteiger partial charge is 0.412 e. The van der Waals surface area contributed by atoms with Crippen molar-refractivity contribution in [1.82, 2.24) is 0 Å². The minimum atomic E-state index is -0.698. The quantitative estimate of drug-likeness (QED) is 0.580. The molecule has 6 nitrogen and oxygen atoms in total. The molecule has 1 aromatic rings. The van der Waals surface area contributed by atoms with Crippen LogP contribution in [0.25, 0.3) is 0 Å². The molecule has 0 saturated heterocycles. The average molecular weight is 280 g/mol. The molecule has 0 bridgehead atoms. The number of benzene rings is 1. The highest BCUT2D eigenvalue weighted by atomic mass is 16.6. The third-order valence-electron chi connectivity index (χ3n) is 2.33. The molecule has 0 atom stereocenters. The van der Waals surface area contributed by atoms with Crippen LogP contribution in [0.2, 0.25) is 0 Å². The molecule has 0 spiro atoms. The molecule has 0 saturated carbocycles. The lowest BCUT2D eigenvalue weighted by molar-refractivity contribution is 0.0635. The van der Waals surface area contributed by atoms with Gasteiger partial charge in [0.25, 0.3) is 0 Å². The molecule has 0 aliphatic rings. The van der Waals surface area contributed by atoms with Crippen LogP contribution in [0.3, 0.4) is 0 Å². The summed E-state index contributed by atoms with van der Waals surface area (Å²) in [5.74, 6) is -0.292. The van der Waals surface area contributed by atoms with Crippen LogP contribution in [0.4, 0.5) is 10.5 Å². The number of phenols is 1. The average Bonchev–Trinajstić information content (AvgIpc) is 2.29. The SMILES string of the molecule is CC(C)(C)OC(=O)Nc1cc(C(=O)CCN)ccc1O. The number of carbonyl (C=O) groups excluding carboxylic acids is 2. The number of carbonyl (C=O) groups is 2. The lowest BCUT2D eigenvalue weighted by Gasteiger charge is -2.20. The molecular weight excluding hydrogens is 260 g/mol. The third kappa shape index (κ3) is 4.89. The number of rotatable bonds is 4. The normalized spacial score (nSPS) is 11.0. The topological polar surface area (TPSA) is 102 Å². The first kappa shape index (κ1) is 16.0. The molecule has 110 valence electrons. The summed E-state index contributed by atoms with van der Waals surface area (Å²) in [4.78, 5) is 23.4. The molecule has 1 aromatic carbocycles. The van der Waals surface area contributed by atoms with Gasteiger partial charge in [-0.3, -0.25) is 10.1 Å². The molecule has 6 heteroatoms. The maximum absolute atomic E-state index is 11.7. The Kier molecular flexibility index (Phi) is 5.10. The predicted molar refractivity (Wildman–Crippen MR) is 76.0 cm³/mol. The Morgan fingerprint density at radius 1 is 1.35 bits per heavy atom. The van der Waals surface area contributed by atoms with Crippen LogP contribution in [-0.4, -0.2) is 29.1 Å². The van der Waals surface area contributed by atoms with Crippen molar-refractivity contribution in [3.05, 3.63) is 23.8 Å². The van der Waals surface area contributed by atoms with Crippen LogP contribution in [0.15, 0.2) is 18.2 Å². The van der Waals surface area contributed by atoms with Gasteiger partial charge in [-0.05, 0) is 45.5 Å². The Hall–Kier alpha value is -2.08. The molecule has 0 radical (unpaired) electrons. The molecule has 0 aliphatic carbocycles. The molecular formula is C14H20N2O4. The van der Waals surface area contributed by atoms with E-state index in [9.17, 15) is 14.7 Å². The molecule has 1 rings (SSSR count). The van der Waals surface area contributed by atoms with E-state index in [1.165, 1.54) is 18.2 Å². The van der Waals surface area contributed by atoms with Gasteiger partial charge in [0, 0.05) is 12.0 Å². The minimum absolute atomic E-state index is 0.127. The fourth-order valence-corrected chi connectivity index (χ4v) is 1.50. The van der Waals surface area contributed by atoms with Crippen LogP contribution >= 0.6 is 0 Å².